The van der Waals surface area contributed by atoms with Crippen molar-refractivity contribution in [3.05, 3.63) is 28.8 Å². The van der Waals surface area contributed by atoms with Gasteiger partial charge >= 0.3 is 0 Å². The van der Waals surface area contributed by atoms with Crippen molar-refractivity contribution < 1.29 is 9.84 Å². The maximum Gasteiger partial charge on any atom is 0.120 e. The number of nitrogens with zero attached hydrogens (tertiary/aromatic N) is 1. The Balaban J connectivity index is 2.38. The fourth-order valence-corrected chi connectivity index (χ4v) is 1.47. The van der Waals surface area contributed by atoms with Crippen LogP contribution in [0.2, 0.25) is 5.02 Å². The number of rotatable bonds is 6. The van der Waals surface area contributed by atoms with E-state index in [0.717, 1.165) is 19.3 Å². The van der Waals surface area contributed by atoms with Crippen molar-refractivity contribution >= 4 is 11.6 Å². The molecule has 0 aliphatic heterocycles. The molecule has 86 valence electrons. The van der Waals surface area contributed by atoms with Crippen LogP contribution >= 0.6 is 11.6 Å². The largest absolute Gasteiger partial charge is 0.494 e. The number of nitriles is 1. The minimum atomic E-state index is 0.225. The Morgan fingerprint density at radius 1 is 1.31 bits per heavy atom. The molecule has 4 heteroatoms. The van der Waals surface area contributed by atoms with E-state index in [-0.39, 0.29) is 6.61 Å². The summed E-state index contributed by atoms with van der Waals surface area (Å²) < 4.78 is 5.46. The van der Waals surface area contributed by atoms with Crippen LogP contribution in [0.4, 0.5) is 0 Å². The molecule has 1 aromatic rings. The zero-order chi connectivity index (χ0) is 11.8. The summed E-state index contributed by atoms with van der Waals surface area (Å²) in [5, 5.41) is 17.7. The average Bonchev–Trinajstić information content (AvgIpc) is 2.29. The second-order valence-electron chi connectivity index (χ2n) is 3.39. The van der Waals surface area contributed by atoms with Crippen LogP contribution in [0.5, 0.6) is 5.75 Å². The first kappa shape index (κ1) is 12.8. The lowest BCUT2D eigenvalue weighted by Crippen LogP contribution is -1.98. The summed E-state index contributed by atoms with van der Waals surface area (Å²) in [6.45, 7) is 0.824. The van der Waals surface area contributed by atoms with Gasteiger partial charge < -0.3 is 9.84 Å². The number of unbranched alkanes of at least 4 members (excludes halogenated alkanes) is 2. The molecule has 0 saturated carbocycles. The van der Waals surface area contributed by atoms with Gasteiger partial charge in [-0.05, 0) is 31.4 Å². The van der Waals surface area contributed by atoms with E-state index >= 15 is 0 Å². The summed E-state index contributed by atoms with van der Waals surface area (Å²) in [6.07, 6.45) is 2.65. The van der Waals surface area contributed by atoms with E-state index in [4.69, 9.17) is 26.7 Å². The monoisotopic (exact) mass is 239 g/mol. The Hall–Kier alpha value is -1.24. The average molecular weight is 240 g/mol. The molecule has 3 nitrogen and oxygen atoms in total. The number of halogens is 1. The van der Waals surface area contributed by atoms with Crippen LogP contribution in [0.15, 0.2) is 18.2 Å². The normalized spacial score (nSPS) is 9.81. The lowest BCUT2D eigenvalue weighted by atomic mass is 10.2. The van der Waals surface area contributed by atoms with Gasteiger partial charge in [-0.15, -0.1) is 0 Å². The predicted octanol–water partition coefficient (Wildman–Crippen LogP) is 2.75. The third-order valence-electron chi connectivity index (χ3n) is 2.13. The highest BCUT2D eigenvalue weighted by Crippen LogP contribution is 2.21. The Labute approximate surface area is 100 Å². The Kier molecular flexibility index (Phi) is 5.69. The highest BCUT2D eigenvalue weighted by Gasteiger charge is 2.01. The molecule has 1 N–H and O–H groups in total. The Morgan fingerprint density at radius 3 is 2.75 bits per heavy atom. The summed E-state index contributed by atoms with van der Waals surface area (Å²) in [5.41, 5.74) is 0.453. The molecule has 0 radical (unpaired) electrons. The molecule has 0 amide bonds. The molecule has 0 aliphatic carbocycles. The van der Waals surface area contributed by atoms with Crippen molar-refractivity contribution in [3.63, 3.8) is 0 Å². The van der Waals surface area contributed by atoms with Gasteiger partial charge in [-0.25, -0.2) is 0 Å². The van der Waals surface area contributed by atoms with Crippen molar-refractivity contribution in [1.29, 1.82) is 5.26 Å². The van der Waals surface area contributed by atoms with Gasteiger partial charge in [0.1, 0.15) is 11.8 Å². The van der Waals surface area contributed by atoms with E-state index in [1.54, 1.807) is 18.2 Å². The molecule has 0 unspecified atom stereocenters. The van der Waals surface area contributed by atoms with Crippen LogP contribution in [0, 0.1) is 11.3 Å². The second kappa shape index (κ2) is 7.10. The van der Waals surface area contributed by atoms with Gasteiger partial charge in [0.25, 0.3) is 0 Å². The third-order valence-corrected chi connectivity index (χ3v) is 2.44. The molecular formula is C12H14ClNO2. The summed E-state index contributed by atoms with van der Waals surface area (Å²) in [6, 6.07) is 7.01. The summed E-state index contributed by atoms with van der Waals surface area (Å²) >= 11 is 5.86. The zero-order valence-corrected chi connectivity index (χ0v) is 9.70. The molecule has 0 fully saturated rings. The maximum atomic E-state index is 8.68. The van der Waals surface area contributed by atoms with E-state index in [1.165, 1.54) is 0 Å². The predicted molar refractivity (Wildman–Crippen MR) is 62.6 cm³/mol. The number of benzene rings is 1. The zero-order valence-electron chi connectivity index (χ0n) is 8.95. The van der Waals surface area contributed by atoms with Crippen LogP contribution in [0.1, 0.15) is 24.8 Å². The van der Waals surface area contributed by atoms with Gasteiger partial charge in [0, 0.05) is 12.7 Å². The molecule has 0 atom stereocenters. The van der Waals surface area contributed by atoms with Crippen LogP contribution in [0.25, 0.3) is 0 Å². The quantitative estimate of drug-likeness (QED) is 0.777. The molecular weight excluding hydrogens is 226 g/mol. The smallest absolute Gasteiger partial charge is 0.120 e. The molecule has 16 heavy (non-hydrogen) atoms. The molecule has 0 spiro atoms. The first-order valence-corrected chi connectivity index (χ1v) is 5.59. The second-order valence-corrected chi connectivity index (χ2v) is 3.79. The first-order chi connectivity index (χ1) is 7.77. The van der Waals surface area contributed by atoms with E-state index in [9.17, 15) is 0 Å². The van der Waals surface area contributed by atoms with Crippen molar-refractivity contribution in [1.82, 2.24) is 0 Å². The SMILES string of the molecule is N#Cc1ccc(OCCCCCO)cc1Cl. The van der Waals surface area contributed by atoms with Crippen molar-refractivity contribution in [2.75, 3.05) is 13.2 Å². The van der Waals surface area contributed by atoms with E-state index < -0.39 is 0 Å². The van der Waals surface area contributed by atoms with Gasteiger partial charge in [0.15, 0.2) is 0 Å². The number of aliphatic hydroxyl groups excluding tert-OH is 1. The van der Waals surface area contributed by atoms with Crippen LogP contribution < -0.4 is 4.74 Å². The number of ether oxygens (including phenoxy) is 1. The van der Waals surface area contributed by atoms with Crippen molar-refractivity contribution in [2.45, 2.75) is 19.3 Å². The van der Waals surface area contributed by atoms with E-state index in [0.29, 0.717) is 22.9 Å². The molecule has 0 aliphatic rings. The Bertz CT molecular complexity index is 374. The Morgan fingerprint density at radius 2 is 2.12 bits per heavy atom. The fourth-order valence-electron chi connectivity index (χ4n) is 1.26. The summed E-state index contributed by atoms with van der Waals surface area (Å²) in [4.78, 5) is 0. The van der Waals surface area contributed by atoms with Crippen molar-refractivity contribution in [2.24, 2.45) is 0 Å². The first-order valence-electron chi connectivity index (χ1n) is 5.21. The number of hydrogen-bond acceptors (Lipinski definition) is 3. The molecule has 0 bridgehead atoms. The van der Waals surface area contributed by atoms with Crippen LogP contribution in [0.3, 0.4) is 0 Å². The van der Waals surface area contributed by atoms with Gasteiger partial charge in [0.05, 0.1) is 17.2 Å². The van der Waals surface area contributed by atoms with E-state index in [2.05, 4.69) is 0 Å². The van der Waals surface area contributed by atoms with Gasteiger partial charge in [0.2, 0.25) is 0 Å². The standard InChI is InChI=1S/C12H14ClNO2/c13-12-8-11(5-4-10(12)9-14)16-7-3-1-2-6-15/h4-5,8,15H,1-3,6-7H2. The van der Waals surface area contributed by atoms with Crippen molar-refractivity contribution in [3.8, 4) is 11.8 Å². The molecule has 0 heterocycles. The summed E-state index contributed by atoms with van der Waals surface area (Å²) in [7, 11) is 0. The maximum absolute atomic E-state index is 8.68. The topological polar surface area (TPSA) is 53.2 Å². The minimum Gasteiger partial charge on any atom is -0.494 e. The molecule has 1 rings (SSSR count). The lowest BCUT2D eigenvalue weighted by molar-refractivity contribution is 0.266. The minimum absolute atomic E-state index is 0.225. The van der Waals surface area contributed by atoms with E-state index in [1.807, 2.05) is 6.07 Å². The lowest BCUT2D eigenvalue weighted by Gasteiger charge is -2.06. The van der Waals surface area contributed by atoms with Gasteiger partial charge in [-0.3, -0.25) is 0 Å². The molecule has 0 saturated heterocycles. The fraction of sp³-hybridized carbons (Fsp3) is 0.417. The molecule has 0 aromatic heterocycles. The highest BCUT2D eigenvalue weighted by atomic mass is 35.5. The number of aliphatic hydroxyl groups is 1. The van der Waals surface area contributed by atoms with Crippen LogP contribution in [-0.2, 0) is 0 Å². The molecule has 1 aromatic carbocycles. The number of hydrogen-bond donors (Lipinski definition) is 1. The summed E-state index contributed by atoms with van der Waals surface area (Å²) in [5.74, 6) is 0.674. The van der Waals surface area contributed by atoms with Gasteiger partial charge in [-0.1, -0.05) is 11.6 Å². The third kappa shape index (κ3) is 4.09. The van der Waals surface area contributed by atoms with Crippen LogP contribution in [-0.4, -0.2) is 18.3 Å². The van der Waals surface area contributed by atoms with Gasteiger partial charge in [-0.2, -0.15) is 5.26 Å². The highest BCUT2D eigenvalue weighted by molar-refractivity contribution is 6.31.